The summed E-state index contributed by atoms with van der Waals surface area (Å²) in [6.07, 6.45) is 1.14. The van der Waals surface area contributed by atoms with E-state index in [9.17, 15) is 0 Å². The van der Waals surface area contributed by atoms with Crippen LogP contribution in [0.25, 0.3) is 0 Å². The Morgan fingerprint density at radius 2 is 2.07 bits per heavy atom. The molecule has 1 N–H and O–H groups in total. The van der Waals surface area contributed by atoms with Gasteiger partial charge in [-0.25, -0.2) is 0 Å². The molecular weight excluding hydrogens is 184 g/mol. The Labute approximate surface area is 92.3 Å². The second-order valence-corrected chi connectivity index (χ2v) is 4.60. The van der Waals surface area contributed by atoms with Crippen LogP contribution in [0.1, 0.15) is 11.1 Å². The van der Waals surface area contributed by atoms with Gasteiger partial charge in [0.1, 0.15) is 0 Å². The van der Waals surface area contributed by atoms with Crippen molar-refractivity contribution in [1.82, 2.24) is 10.2 Å². The lowest BCUT2D eigenvalue weighted by atomic mass is 10.0. The monoisotopic (exact) mass is 204 g/mol. The zero-order valence-corrected chi connectivity index (χ0v) is 9.66. The fraction of sp³-hybridized carbons (Fsp3) is 0.538. The molecule has 0 bridgehead atoms. The maximum absolute atomic E-state index is 3.57. The fourth-order valence-electron chi connectivity index (χ4n) is 2.14. The largest absolute Gasteiger partial charge is 0.311 e. The quantitative estimate of drug-likeness (QED) is 0.784. The lowest BCUT2D eigenvalue weighted by Gasteiger charge is -2.31. The number of aryl methyl sites for hydroxylation is 1. The third-order valence-corrected chi connectivity index (χ3v) is 3.06. The van der Waals surface area contributed by atoms with E-state index in [1.54, 1.807) is 0 Å². The predicted octanol–water partition coefficient (Wildman–Crippen LogP) is 1.44. The van der Waals surface area contributed by atoms with Gasteiger partial charge >= 0.3 is 0 Å². The van der Waals surface area contributed by atoms with Crippen LogP contribution in [0.5, 0.6) is 0 Å². The van der Waals surface area contributed by atoms with Crippen LogP contribution >= 0.6 is 0 Å². The Balaban J connectivity index is 1.93. The van der Waals surface area contributed by atoms with E-state index >= 15 is 0 Å². The molecule has 15 heavy (non-hydrogen) atoms. The molecule has 2 heteroatoms. The predicted molar refractivity (Wildman–Crippen MR) is 64.2 cm³/mol. The second-order valence-electron chi connectivity index (χ2n) is 4.60. The summed E-state index contributed by atoms with van der Waals surface area (Å²) < 4.78 is 0. The normalized spacial score (nSPS) is 22.9. The van der Waals surface area contributed by atoms with Crippen LogP contribution in [-0.2, 0) is 6.42 Å². The first kappa shape index (κ1) is 10.7. The molecule has 0 amide bonds. The average molecular weight is 204 g/mol. The molecule has 0 aromatic heterocycles. The van der Waals surface area contributed by atoms with E-state index in [0.717, 1.165) is 19.5 Å². The van der Waals surface area contributed by atoms with Crippen molar-refractivity contribution in [2.24, 2.45) is 0 Å². The molecule has 0 radical (unpaired) electrons. The van der Waals surface area contributed by atoms with Crippen molar-refractivity contribution < 1.29 is 0 Å². The smallest absolute Gasteiger partial charge is 0.0235 e. The maximum atomic E-state index is 3.57. The van der Waals surface area contributed by atoms with Gasteiger partial charge in [0.25, 0.3) is 0 Å². The number of rotatable bonds is 2. The molecule has 1 fully saturated rings. The Hall–Kier alpha value is -0.860. The molecule has 82 valence electrons. The van der Waals surface area contributed by atoms with Crippen LogP contribution in [-0.4, -0.2) is 37.6 Å². The molecule has 1 aromatic carbocycles. The van der Waals surface area contributed by atoms with Crippen LogP contribution in [0.3, 0.4) is 0 Å². The minimum Gasteiger partial charge on any atom is -0.311 e. The van der Waals surface area contributed by atoms with Crippen LogP contribution in [0, 0.1) is 6.92 Å². The van der Waals surface area contributed by atoms with Crippen LogP contribution in [0.2, 0.25) is 0 Å². The fourth-order valence-corrected chi connectivity index (χ4v) is 2.14. The first-order valence-electron chi connectivity index (χ1n) is 5.71. The third-order valence-electron chi connectivity index (χ3n) is 3.06. The zero-order chi connectivity index (χ0) is 10.7. The minimum absolute atomic E-state index is 0.617. The molecule has 1 aliphatic rings. The summed E-state index contributed by atoms with van der Waals surface area (Å²) in [6.45, 7) is 5.59. The topological polar surface area (TPSA) is 15.3 Å². The Kier molecular flexibility index (Phi) is 3.39. The van der Waals surface area contributed by atoms with E-state index in [0.29, 0.717) is 6.04 Å². The Morgan fingerprint density at radius 1 is 1.33 bits per heavy atom. The summed E-state index contributed by atoms with van der Waals surface area (Å²) in [6, 6.07) is 9.49. The molecule has 1 heterocycles. The number of benzene rings is 1. The molecular formula is C13H20N2. The summed E-state index contributed by atoms with van der Waals surface area (Å²) in [7, 11) is 2.20. The van der Waals surface area contributed by atoms with E-state index in [-0.39, 0.29) is 0 Å². The standard InChI is InChI=1S/C13H20N2/c1-11-3-5-12(6-4-11)9-13-10-15(2)8-7-14-13/h3-6,13-14H,7-10H2,1-2H3. The summed E-state index contributed by atoms with van der Waals surface area (Å²) in [4.78, 5) is 2.40. The van der Waals surface area contributed by atoms with Crippen molar-refractivity contribution in [3.63, 3.8) is 0 Å². The van der Waals surface area contributed by atoms with E-state index in [2.05, 4.69) is 48.5 Å². The summed E-state index contributed by atoms with van der Waals surface area (Å²) in [5, 5.41) is 3.57. The number of nitrogens with one attached hydrogen (secondary N) is 1. The van der Waals surface area contributed by atoms with Gasteiger partial charge in [0.2, 0.25) is 0 Å². The van der Waals surface area contributed by atoms with Gasteiger partial charge in [-0.1, -0.05) is 29.8 Å². The van der Waals surface area contributed by atoms with Gasteiger partial charge in [-0.3, -0.25) is 0 Å². The van der Waals surface area contributed by atoms with E-state index in [1.165, 1.54) is 17.7 Å². The SMILES string of the molecule is Cc1ccc(CC2CN(C)CCN2)cc1. The Morgan fingerprint density at radius 3 is 2.73 bits per heavy atom. The Bertz CT molecular complexity index is 305. The summed E-state index contributed by atoms with van der Waals surface area (Å²) >= 11 is 0. The lowest BCUT2D eigenvalue weighted by Crippen LogP contribution is -2.49. The van der Waals surface area contributed by atoms with Gasteiger partial charge in [0, 0.05) is 25.7 Å². The van der Waals surface area contributed by atoms with Gasteiger partial charge in [-0.05, 0) is 26.0 Å². The third kappa shape index (κ3) is 3.05. The van der Waals surface area contributed by atoms with Crippen molar-refractivity contribution in [3.8, 4) is 0 Å². The molecule has 2 rings (SSSR count). The van der Waals surface area contributed by atoms with Crippen molar-refractivity contribution >= 4 is 0 Å². The minimum atomic E-state index is 0.617. The number of hydrogen-bond donors (Lipinski definition) is 1. The summed E-state index contributed by atoms with van der Waals surface area (Å²) in [5.41, 5.74) is 2.78. The number of hydrogen-bond acceptors (Lipinski definition) is 2. The number of likely N-dealkylation sites (N-methyl/N-ethyl adjacent to an activating group) is 1. The van der Waals surface area contributed by atoms with Gasteiger partial charge in [0.15, 0.2) is 0 Å². The highest BCUT2D eigenvalue weighted by Crippen LogP contribution is 2.08. The molecule has 0 aliphatic carbocycles. The molecule has 1 aromatic rings. The van der Waals surface area contributed by atoms with Crippen LogP contribution in [0.15, 0.2) is 24.3 Å². The molecule has 1 atom stereocenters. The highest BCUT2D eigenvalue weighted by Gasteiger charge is 2.16. The van der Waals surface area contributed by atoms with Crippen molar-refractivity contribution in [2.45, 2.75) is 19.4 Å². The highest BCUT2D eigenvalue weighted by atomic mass is 15.2. The molecule has 1 saturated heterocycles. The van der Waals surface area contributed by atoms with E-state index in [4.69, 9.17) is 0 Å². The van der Waals surface area contributed by atoms with Crippen LogP contribution < -0.4 is 5.32 Å². The van der Waals surface area contributed by atoms with Gasteiger partial charge in [0.05, 0.1) is 0 Å². The first-order valence-corrected chi connectivity index (χ1v) is 5.71. The lowest BCUT2D eigenvalue weighted by molar-refractivity contribution is 0.238. The average Bonchev–Trinajstić information content (AvgIpc) is 2.22. The van der Waals surface area contributed by atoms with Crippen LogP contribution in [0.4, 0.5) is 0 Å². The van der Waals surface area contributed by atoms with Crippen molar-refractivity contribution in [2.75, 3.05) is 26.7 Å². The summed E-state index contributed by atoms with van der Waals surface area (Å²) in [5.74, 6) is 0. The molecule has 2 nitrogen and oxygen atoms in total. The van der Waals surface area contributed by atoms with Gasteiger partial charge in [-0.15, -0.1) is 0 Å². The second kappa shape index (κ2) is 4.77. The molecule has 1 aliphatic heterocycles. The van der Waals surface area contributed by atoms with E-state index < -0.39 is 0 Å². The number of nitrogens with zero attached hydrogens (tertiary/aromatic N) is 1. The van der Waals surface area contributed by atoms with E-state index in [1.807, 2.05) is 0 Å². The van der Waals surface area contributed by atoms with Crippen molar-refractivity contribution in [3.05, 3.63) is 35.4 Å². The molecule has 0 saturated carbocycles. The zero-order valence-electron chi connectivity index (χ0n) is 9.66. The van der Waals surface area contributed by atoms with Crippen molar-refractivity contribution in [1.29, 1.82) is 0 Å². The van der Waals surface area contributed by atoms with Gasteiger partial charge < -0.3 is 10.2 Å². The molecule has 1 unspecified atom stereocenters. The highest BCUT2D eigenvalue weighted by molar-refractivity contribution is 5.22. The first-order chi connectivity index (χ1) is 7.24. The molecule has 0 spiro atoms. The van der Waals surface area contributed by atoms with Gasteiger partial charge in [-0.2, -0.15) is 0 Å². The number of piperazine rings is 1. The maximum Gasteiger partial charge on any atom is 0.0235 e.